The number of hydrogen-bond acceptors (Lipinski definition) is 3. The molecule has 0 aliphatic carbocycles. The Morgan fingerprint density at radius 2 is 2.00 bits per heavy atom. The van der Waals surface area contributed by atoms with Gasteiger partial charge in [-0.1, -0.05) is 0 Å². The zero-order chi connectivity index (χ0) is 9.24. The van der Waals surface area contributed by atoms with Gasteiger partial charge in [-0.15, -0.1) is 0 Å². The minimum absolute atomic E-state index is 0.0375. The molecule has 1 heterocycles. The van der Waals surface area contributed by atoms with Crippen molar-refractivity contribution in [1.82, 2.24) is 5.32 Å². The van der Waals surface area contributed by atoms with Crippen molar-refractivity contribution in [1.29, 1.82) is 0 Å². The van der Waals surface area contributed by atoms with Gasteiger partial charge in [0.25, 0.3) is 0 Å². The van der Waals surface area contributed by atoms with Crippen LogP contribution >= 0.6 is 0 Å². The van der Waals surface area contributed by atoms with E-state index in [4.69, 9.17) is 9.47 Å². The molecule has 0 aromatic carbocycles. The first-order valence-electron chi connectivity index (χ1n) is 4.37. The molecule has 0 aromatic heterocycles. The summed E-state index contributed by atoms with van der Waals surface area (Å²) in [6, 6.07) is 0. The van der Waals surface area contributed by atoms with Gasteiger partial charge < -0.3 is 14.8 Å². The maximum atomic E-state index is 5.73. The van der Waals surface area contributed by atoms with Gasteiger partial charge in [-0.2, -0.15) is 0 Å². The molecule has 12 heavy (non-hydrogen) atoms. The van der Waals surface area contributed by atoms with Gasteiger partial charge in [0.2, 0.25) is 0 Å². The van der Waals surface area contributed by atoms with E-state index < -0.39 is 0 Å². The van der Waals surface area contributed by atoms with Gasteiger partial charge in [-0.3, -0.25) is 0 Å². The van der Waals surface area contributed by atoms with Gasteiger partial charge in [-0.05, 0) is 20.8 Å². The summed E-state index contributed by atoms with van der Waals surface area (Å²) in [6.45, 7) is 8.74. The monoisotopic (exact) mass is 173 g/mol. The molecule has 1 saturated heterocycles. The summed E-state index contributed by atoms with van der Waals surface area (Å²) in [6.07, 6.45) is 0. The minimum atomic E-state index is -0.168. The molecule has 3 nitrogen and oxygen atoms in total. The van der Waals surface area contributed by atoms with Crippen molar-refractivity contribution in [3.8, 4) is 0 Å². The second-order valence-electron chi connectivity index (χ2n) is 4.31. The van der Waals surface area contributed by atoms with Crippen LogP contribution in [0.15, 0.2) is 0 Å². The lowest BCUT2D eigenvalue weighted by atomic mass is 9.99. The Balaban J connectivity index is 2.24. The van der Waals surface area contributed by atoms with Gasteiger partial charge in [-0.25, -0.2) is 0 Å². The molecule has 0 atom stereocenters. The Morgan fingerprint density at radius 1 is 1.42 bits per heavy atom. The fraction of sp³-hybridized carbons (Fsp3) is 1.00. The molecular weight excluding hydrogens is 154 g/mol. The lowest BCUT2D eigenvalue weighted by Crippen LogP contribution is -2.60. The minimum Gasteiger partial charge on any atom is -0.376 e. The van der Waals surface area contributed by atoms with Crippen LogP contribution in [0.25, 0.3) is 0 Å². The zero-order valence-electron chi connectivity index (χ0n) is 8.44. The molecule has 0 radical (unpaired) electrons. The lowest BCUT2D eigenvalue weighted by Gasteiger charge is -2.41. The van der Waals surface area contributed by atoms with Crippen molar-refractivity contribution in [2.24, 2.45) is 0 Å². The van der Waals surface area contributed by atoms with E-state index in [1.807, 2.05) is 13.8 Å². The number of methoxy groups -OCH3 is 1. The molecule has 72 valence electrons. The van der Waals surface area contributed by atoms with Crippen molar-refractivity contribution in [2.45, 2.75) is 32.0 Å². The number of nitrogens with one attached hydrogen (secondary N) is 1. The topological polar surface area (TPSA) is 30.5 Å². The maximum Gasteiger partial charge on any atom is 0.0903 e. The van der Waals surface area contributed by atoms with Crippen molar-refractivity contribution < 1.29 is 9.47 Å². The zero-order valence-corrected chi connectivity index (χ0v) is 8.44. The summed E-state index contributed by atoms with van der Waals surface area (Å²) in [7, 11) is 1.71. The molecule has 1 rings (SSSR count). The van der Waals surface area contributed by atoms with Gasteiger partial charge in [0.15, 0.2) is 0 Å². The van der Waals surface area contributed by atoms with Gasteiger partial charge in [0, 0.05) is 20.2 Å². The highest BCUT2D eigenvalue weighted by molar-refractivity contribution is 4.90. The molecule has 0 bridgehead atoms. The van der Waals surface area contributed by atoms with Crippen LogP contribution in [0.1, 0.15) is 20.8 Å². The Hall–Kier alpha value is -0.120. The number of rotatable bonds is 4. The second kappa shape index (κ2) is 3.32. The Kier molecular flexibility index (Phi) is 2.76. The summed E-state index contributed by atoms with van der Waals surface area (Å²) < 4.78 is 11.0. The predicted octanol–water partition coefficient (Wildman–Crippen LogP) is 0.790. The van der Waals surface area contributed by atoms with Crippen LogP contribution in [0.3, 0.4) is 0 Å². The highest BCUT2D eigenvalue weighted by atomic mass is 16.5. The first-order valence-corrected chi connectivity index (χ1v) is 4.37. The molecule has 1 aliphatic rings. The third-order valence-electron chi connectivity index (χ3n) is 2.32. The van der Waals surface area contributed by atoms with Crippen LogP contribution in [0.5, 0.6) is 0 Å². The third-order valence-corrected chi connectivity index (χ3v) is 2.32. The molecule has 0 amide bonds. The summed E-state index contributed by atoms with van der Waals surface area (Å²) in [5, 5.41) is 3.19. The molecule has 3 heteroatoms. The molecule has 0 saturated carbocycles. The van der Waals surface area contributed by atoms with Gasteiger partial charge in [0.1, 0.15) is 0 Å². The Labute approximate surface area is 74.4 Å². The fourth-order valence-corrected chi connectivity index (χ4v) is 0.986. The quantitative estimate of drug-likeness (QED) is 0.682. The van der Waals surface area contributed by atoms with E-state index in [-0.39, 0.29) is 11.2 Å². The van der Waals surface area contributed by atoms with Crippen molar-refractivity contribution >= 4 is 0 Å². The van der Waals surface area contributed by atoms with Crippen LogP contribution in [0.4, 0.5) is 0 Å². The van der Waals surface area contributed by atoms with E-state index in [0.717, 1.165) is 13.1 Å². The molecule has 1 fully saturated rings. The van der Waals surface area contributed by atoms with E-state index in [0.29, 0.717) is 6.61 Å². The van der Waals surface area contributed by atoms with Crippen molar-refractivity contribution in [3.63, 3.8) is 0 Å². The number of ether oxygens (including phenoxy) is 2. The largest absolute Gasteiger partial charge is 0.376 e. The van der Waals surface area contributed by atoms with E-state index in [9.17, 15) is 0 Å². The summed E-state index contributed by atoms with van der Waals surface area (Å²) in [5.74, 6) is 0. The smallest absolute Gasteiger partial charge is 0.0903 e. The van der Waals surface area contributed by atoms with Crippen LogP contribution in [0, 0.1) is 0 Å². The second-order valence-corrected chi connectivity index (χ2v) is 4.31. The third kappa shape index (κ3) is 2.44. The van der Waals surface area contributed by atoms with Crippen LogP contribution in [-0.2, 0) is 9.47 Å². The molecule has 0 aromatic rings. The van der Waals surface area contributed by atoms with Crippen LogP contribution in [0.2, 0.25) is 0 Å². The van der Waals surface area contributed by atoms with Gasteiger partial charge in [0.05, 0.1) is 17.8 Å². The molecule has 0 spiro atoms. The molecular formula is C9H19NO2. The maximum absolute atomic E-state index is 5.73. The van der Waals surface area contributed by atoms with Crippen molar-refractivity contribution in [2.75, 3.05) is 26.8 Å². The van der Waals surface area contributed by atoms with E-state index >= 15 is 0 Å². The van der Waals surface area contributed by atoms with E-state index in [1.54, 1.807) is 7.11 Å². The molecule has 0 unspecified atom stereocenters. The molecule has 1 N–H and O–H groups in total. The summed E-state index contributed by atoms with van der Waals surface area (Å²) >= 11 is 0. The SMILES string of the molecule is COC(C)(C)COC1(C)CNC1. The average Bonchev–Trinajstić information content (AvgIpc) is 1.98. The first-order chi connectivity index (χ1) is 5.47. The highest BCUT2D eigenvalue weighted by Crippen LogP contribution is 2.18. The standard InChI is InChI=1S/C9H19NO2/c1-8(2,11-4)7-12-9(3)5-10-6-9/h10H,5-7H2,1-4H3. The summed E-state index contributed by atoms with van der Waals surface area (Å²) in [4.78, 5) is 0. The highest BCUT2D eigenvalue weighted by Gasteiger charge is 2.34. The summed E-state index contributed by atoms with van der Waals surface area (Å²) in [5.41, 5.74) is -0.131. The average molecular weight is 173 g/mol. The van der Waals surface area contributed by atoms with Crippen LogP contribution < -0.4 is 5.32 Å². The Bertz CT molecular complexity index is 141. The van der Waals surface area contributed by atoms with E-state index in [1.165, 1.54) is 0 Å². The Morgan fingerprint density at radius 3 is 2.33 bits per heavy atom. The number of hydrogen-bond donors (Lipinski definition) is 1. The van der Waals surface area contributed by atoms with Gasteiger partial charge >= 0.3 is 0 Å². The lowest BCUT2D eigenvalue weighted by molar-refractivity contribution is -0.130. The predicted molar refractivity (Wildman–Crippen MR) is 48.3 cm³/mol. The normalized spacial score (nSPS) is 22.0. The van der Waals surface area contributed by atoms with Crippen LogP contribution in [-0.4, -0.2) is 38.0 Å². The first kappa shape index (κ1) is 9.96. The van der Waals surface area contributed by atoms with Crippen molar-refractivity contribution in [3.05, 3.63) is 0 Å². The fourth-order valence-electron chi connectivity index (χ4n) is 0.986. The van der Waals surface area contributed by atoms with E-state index in [2.05, 4.69) is 12.2 Å². The molecule has 1 aliphatic heterocycles.